The molecular weight excluding hydrogens is 456 g/mol. The molecule has 1 heterocycles. The van der Waals surface area contributed by atoms with Crippen LogP contribution in [0.3, 0.4) is 0 Å². The van der Waals surface area contributed by atoms with Crippen LogP contribution in [0.25, 0.3) is 10.8 Å². The predicted molar refractivity (Wildman–Crippen MR) is 129 cm³/mol. The number of aryl methyl sites for hydroxylation is 1. The summed E-state index contributed by atoms with van der Waals surface area (Å²) in [6.07, 6.45) is 1.47. The number of nitrogens with one attached hydrogen (secondary N) is 3. The van der Waals surface area contributed by atoms with Crippen molar-refractivity contribution in [1.29, 1.82) is 5.41 Å². The van der Waals surface area contributed by atoms with Crippen LogP contribution in [0.15, 0.2) is 82.0 Å². The van der Waals surface area contributed by atoms with Gasteiger partial charge in [-0.25, -0.2) is 23.1 Å². The number of azo groups is 1. The Morgan fingerprint density at radius 3 is 2.47 bits per heavy atom. The number of guanidine groups is 1. The number of aromatic hydroxyl groups is 1. The Balaban J connectivity index is 1.62. The van der Waals surface area contributed by atoms with Gasteiger partial charge < -0.3 is 16.2 Å². The molecule has 172 valence electrons. The minimum absolute atomic E-state index is 0.00819. The van der Waals surface area contributed by atoms with Crippen LogP contribution in [0, 0.1) is 12.3 Å². The van der Waals surface area contributed by atoms with Gasteiger partial charge in [-0.3, -0.25) is 5.41 Å². The molecule has 6 N–H and O–H groups in total. The molecule has 0 atom stereocenters. The first kappa shape index (κ1) is 22.6. The largest absolute Gasteiger partial charge is 0.506 e. The van der Waals surface area contributed by atoms with Gasteiger partial charge in [-0.15, -0.1) is 10.2 Å². The number of hydrogen-bond acceptors (Lipinski definition) is 8. The molecule has 3 aromatic carbocycles. The van der Waals surface area contributed by atoms with E-state index in [9.17, 15) is 13.5 Å². The molecule has 11 nitrogen and oxygen atoms in total. The highest BCUT2D eigenvalue weighted by atomic mass is 32.2. The van der Waals surface area contributed by atoms with Crippen LogP contribution >= 0.6 is 0 Å². The van der Waals surface area contributed by atoms with Crippen molar-refractivity contribution in [3.8, 4) is 5.75 Å². The zero-order valence-electron chi connectivity index (χ0n) is 17.9. The second kappa shape index (κ2) is 9.11. The van der Waals surface area contributed by atoms with E-state index in [0.717, 1.165) is 5.39 Å². The minimum atomic E-state index is -3.87. The zero-order chi connectivity index (χ0) is 24.3. The summed E-state index contributed by atoms with van der Waals surface area (Å²) in [4.78, 5) is 8.01. The van der Waals surface area contributed by atoms with E-state index in [1.807, 2.05) is 12.1 Å². The van der Waals surface area contributed by atoms with Gasteiger partial charge >= 0.3 is 0 Å². The summed E-state index contributed by atoms with van der Waals surface area (Å²) in [7, 11) is -3.87. The van der Waals surface area contributed by atoms with E-state index < -0.39 is 16.0 Å². The van der Waals surface area contributed by atoms with Gasteiger partial charge in [0.25, 0.3) is 10.0 Å². The zero-order valence-corrected chi connectivity index (χ0v) is 18.7. The quantitative estimate of drug-likeness (QED) is 0.157. The molecule has 0 saturated carbocycles. The number of benzene rings is 3. The van der Waals surface area contributed by atoms with Crippen molar-refractivity contribution in [3.05, 3.63) is 72.6 Å². The van der Waals surface area contributed by atoms with E-state index in [1.54, 1.807) is 37.3 Å². The number of aromatic nitrogens is 2. The summed E-state index contributed by atoms with van der Waals surface area (Å²) in [6, 6.07) is 16.4. The number of anilines is 3. The number of rotatable bonds is 6. The second-order valence-corrected chi connectivity index (χ2v) is 8.88. The average Bonchev–Trinajstić information content (AvgIpc) is 2.79. The molecule has 0 spiro atoms. The van der Waals surface area contributed by atoms with Gasteiger partial charge in [0.05, 0.1) is 10.6 Å². The van der Waals surface area contributed by atoms with Crippen molar-refractivity contribution >= 4 is 49.8 Å². The maximum atomic E-state index is 12.7. The molecule has 0 aliphatic heterocycles. The Labute approximate surface area is 195 Å². The number of hydrogen-bond donors (Lipinski definition) is 5. The topological polar surface area (TPSA) is 179 Å². The summed E-state index contributed by atoms with van der Waals surface area (Å²) < 4.78 is 27.7. The summed E-state index contributed by atoms with van der Waals surface area (Å²) in [5, 5.41) is 29.6. The van der Waals surface area contributed by atoms with Gasteiger partial charge in [-0.1, -0.05) is 24.3 Å². The molecular formula is C22H20N8O3S. The first-order valence-electron chi connectivity index (χ1n) is 9.93. The average molecular weight is 477 g/mol. The molecule has 34 heavy (non-hydrogen) atoms. The van der Waals surface area contributed by atoms with Crippen LogP contribution in [0.2, 0.25) is 0 Å². The summed E-state index contributed by atoms with van der Waals surface area (Å²) >= 11 is 0. The number of fused-ring (bicyclic) bond motifs is 1. The second-order valence-electron chi connectivity index (χ2n) is 7.20. The number of phenols is 1. The normalized spacial score (nSPS) is 11.6. The van der Waals surface area contributed by atoms with Crippen molar-refractivity contribution in [2.75, 3.05) is 10.0 Å². The lowest BCUT2D eigenvalue weighted by atomic mass is 10.1. The minimum Gasteiger partial charge on any atom is -0.506 e. The van der Waals surface area contributed by atoms with Gasteiger partial charge in [0.15, 0.2) is 0 Å². The van der Waals surface area contributed by atoms with Crippen LogP contribution in [0.1, 0.15) is 5.69 Å². The summed E-state index contributed by atoms with van der Waals surface area (Å²) in [6.45, 7) is 1.74. The van der Waals surface area contributed by atoms with Gasteiger partial charge in [-0.2, -0.15) is 0 Å². The molecule has 0 aliphatic carbocycles. The van der Waals surface area contributed by atoms with E-state index in [-0.39, 0.29) is 22.3 Å². The van der Waals surface area contributed by atoms with Gasteiger partial charge in [0.1, 0.15) is 11.4 Å². The molecule has 0 fully saturated rings. The van der Waals surface area contributed by atoms with Crippen LogP contribution in [-0.2, 0) is 10.0 Å². The monoisotopic (exact) mass is 476 g/mol. The van der Waals surface area contributed by atoms with Crippen molar-refractivity contribution in [1.82, 2.24) is 9.97 Å². The Kier molecular flexibility index (Phi) is 6.06. The fourth-order valence-corrected chi connectivity index (χ4v) is 4.16. The highest BCUT2D eigenvalue weighted by molar-refractivity contribution is 7.92. The van der Waals surface area contributed by atoms with Crippen LogP contribution in [-0.4, -0.2) is 29.5 Å². The molecule has 4 rings (SSSR count). The van der Waals surface area contributed by atoms with Crippen molar-refractivity contribution in [3.63, 3.8) is 0 Å². The molecule has 4 aromatic rings. The molecule has 0 unspecified atom stereocenters. The predicted octanol–water partition coefficient (Wildman–Crippen LogP) is 4.17. The SMILES string of the molecule is Cc1ccnc(NS(=O)(=O)c2ccc(Nc3cc(O)c(N=NC(=N)N)c4ccccc34)cc2)n1. The maximum absolute atomic E-state index is 12.7. The Morgan fingerprint density at radius 1 is 1.09 bits per heavy atom. The number of phenolic OH excluding ortho intramolecular Hbond substituents is 1. The van der Waals surface area contributed by atoms with E-state index in [2.05, 4.69) is 30.2 Å². The van der Waals surface area contributed by atoms with E-state index in [4.69, 9.17) is 11.1 Å². The van der Waals surface area contributed by atoms with E-state index >= 15 is 0 Å². The van der Waals surface area contributed by atoms with Crippen LogP contribution in [0.5, 0.6) is 5.75 Å². The molecule has 0 radical (unpaired) electrons. The fourth-order valence-electron chi connectivity index (χ4n) is 3.21. The van der Waals surface area contributed by atoms with E-state index in [1.165, 1.54) is 24.4 Å². The molecule has 12 heteroatoms. The Morgan fingerprint density at radius 2 is 1.79 bits per heavy atom. The first-order chi connectivity index (χ1) is 16.2. The van der Waals surface area contributed by atoms with Crippen LogP contribution in [0.4, 0.5) is 23.0 Å². The third-order valence-electron chi connectivity index (χ3n) is 4.72. The summed E-state index contributed by atoms with van der Waals surface area (Å²) in [5.74, 6) is -0.650. The Hall–Kier alpha value is -4.58. The molecule has 0 aliphatic rings. The molecule has 0 amide bonds. The number of nitrogens with zero attached hydrogens (tertiary/aromatic N) is 4. The highest BCUT2D eigenvalue weighted by Crippen LogP contribution is 2.41. The number of nitrogens with two attached hydrogens (primary N) is 1. The first-order valence-corrected chi connectivity index (χ1v) is 11.4. The standard InChI is InChI=1S/C22H20N8O3S/c1-13-10-11-25-22(26-13)30-34(32,33)15-8-6-14(7-9-15)27-18-12-19(31)20(28-29-21(23)24)17-5-3-2-4-16(17)18/h2-12,27,31H,1H3,(H3,23,24)(H,25,26,30). The van der Waals surface area contributed by atoms with Gasteiger partial charge in [-0.05, 0) is 37.3 Å². The number of sulfonamides is 1. The molecule has 0 saturated heterocycles. The third kappa shape index (κ3) is 4.91. The molecule has 1 aromatic heterocycles. The van der Waals surface area contributed by atoms with Crippen LogP contribution < -0.4 is 15.8 Å². The highest BCUT2D eigenvalue weighted by Gasteiger charge is 2.16. The fraction of sp³-hybridized carbons (Fsp3) is 0.0455. The lowest BCUT2D eigenvalue weighted by molar-refractivity contribution is 0.477. The third-order valence-corrected chi connectivity index (χ3v) is 6.06. The van der Waals surface area contributed by atoms with Gasteiger partial charge in [0, 0.05) is 34.4 Å². The Bertz CT molecular complexity index is 1520. The molecule has 0 bridgehead atoms. The van der Waals surface area contributed by atoms with Gasteiger partial charge in [0.2, 0.25) is 11.9 Å². The van der Waals surface area contributed by atoms with Crippen molar-refractivity contribution < 1.29 is 13.5 Å². The summed E-state index contributed by atoms with van der Waals surface area (Å²) in [5.41, 5.74) is 7.21. The maximum Gasteiger partial charge on any atom is 0.264 e. The van der Waals surface area contributed by atoms with E-state index in [0.29, 0.717) is 22.5 Å². The van der Waals surface area contributed by atoms with Crippen molar-refractivity contribution in [2.24, 2.45) is 16.0 Å². The smallest absolute Gasteiger partial charge is 0.264 e. The lowest BCUT2D eigenvalue weighted by Gasteiger charge is -2.13. The lowest BCUT2D eigenvalue weighted by Crippen LogP contribution is -2.15. The van der Waals surface area contributed by atoms with Crippen molar-refractivity contribution in [2.45, 2.75) is 11.8 Å².